The quantitative estimate of drug-likeness (QED) is 0.0994. The summed E-state index contributed by atoms with van der Waals surface area (Å²) in [6.07, 6.45) is 24.8. The number of aromatic nitrogens is 1. The molecule has 1 aliphatic carbocycles. The van der Waals surface area contributed by atoms with Crippen molar-refractivity contribution in [2.45, 2.75) is 164 Å². The first kappa shape index (κ1) is 34.4. The van der Waals surface area contributed by atoms with Crippen LogP contribution in [0.4, 0.5) is 0 Å². The molecular formula is C32H61NOSn2. The summed E-state index contributed by atoms with van der Waals surface area (Å²) in [5, 5.41) is 4.45. The van der Waals surface area contributed by atoms with E-state index in [2.05, 4.69) is 56.7 Å². The third-order valence-electron chi connectivity index (χ3n) is 8.41. The van der Waals surface area contributed by atoms with Gasteiger partial charge in [0.05, 0.1) is 0 Å². The van der Waals surface area contributed by atoms with E-state index in [0.717, 1.165) is 5.92 Å². The van der Waals surface area contributed by atoms with Crippen LogP contribution in [0, 0.1) is 10.4 Å². The van der Waals surface area contributed by atoms with Crippen LogP contribution in [0.15, 0.2) is 10.6 Å². The summed E-state index contributed by atoms with van der Waals surface area (Å²) in [6.45, 7) is 13.8. The van der Waals surface area contributed by atoms with Gasteiger partial charge in [-0.25, -0.2) is 0 Å². The van der Waals surface area contributed by atoms with Gasteiger partial charge in [-0.3, -0.25) is 0 Å². The van der Waals surface area contributed by atoms with E-state index in [1.54, 1.807) is 0 Å². The van der Waals surface area contributed by atoms with Crippen molar-refractivity contribution in [1.82, 2.24) is 5.16 Å². The molecule has 0 bridgehead atoms. The molecule has 0 atom stereocenters. The first-order valence-electron chi connectivity index (χ1n) is 15.9. The van der Waals surface area contributed by atoms with Crippen LogP contribution in [0.5, 0.6) is 0 Å². The van der Waals surface area contributed by atoms with Crippen LogP contribution in [0.1, 0.15) is 143 Å². The van der Waals surface area contributed by atoms with Gasteiger partial charge in [-0.15, -0.1) is 0 Å². The molecule has 1 saturated carbocycles. The molecule has 208 valence electrons. The molecule has 0 radical (unpaired) electrons. The molecule has 0 aliphatic heterocycles. The Bertz CT molecular complexity index is 660. The normalized spacial score (nSPS) is 13.8. The van der Waals surface area contributed by atoms with Crippen LogP contribution in [-0.4, -0.2) is 41.9 Å². The van der Waals surface area contributed by atoms with Crippen molar-refractivity contribution < 1.29 is 4.52 Å². The fourth-order valence-electron chi connectivity index (χ4n) is 5.54. The molecule has 2 rings (SSSR count). The zero-order valence-corrected chi connectivity index (χ0v) is 30.9. The molecule has 1 aromatic heterocycles. The van der Waals surface area contributed by atoms with Gasteiger partial charge in [0.2, 0.25) is 0 Å². The van der Waals surface area contributed by atoms with Crippen molar-refractivity contribution in [3.63, 3.8) is 0 Å². The number of unbranched alkanes of at least 4 members (excludes halogenated alkanes) is 6. The van der Waals surface area contributed by atoms with Crippen molar-refractivity contribution in [2.75, 3.05) is 0 Å². The summed E-state index contributed by atoms with van der Waals surface area (Å²) < 4.78 is 19.5. The van der Waals surface area contributed by atoms with Crippen molar-refractivity contribution in [2.24, 2.45) is 0 Å². The van der Waals surface area contributed by atoms with Crippen LogP contribution < -0.4 is 3.78 Å². The summed E-state index contributed by atoms with van der Waals surface area (Å²) in [6, 6.07) is 2.40. The average Bonchev–Trinajstić information content (AvgIpc) is 3.65. The molecule has 1 aliphatic rings. The fraction of sp³-hybridized carbons (Fsp3) is 0.844. The Morgan fingerprint density at radius 1 is 0.722 bits per heavy atom. The van der Waals surface area contributed by atoms with Crippen LogP contribution in [0.25, 0.3) is 0 Å². The first-order valence-corrected chi connectivity index (χ1v) is 30.9. The molecule has 0 saturated heterocycles. The van der Waals surface area contributed by atoms with E-state index in [-0.39, 0.29) is 0 Å². The standard InChI is InChI=1S/C6H6NO.6C4H9.C2H.2Sn/c1-2-5(1)6-3-4-8-7-6;6*1-3-4-2;1-2;;/h3,5H,1-2H2;6*1,3-4H2,2H3;1H;;. The van der Waals surface area contributed by atoms with Gasteiger partial charge in [-0.05, 0) is 0 Å². The third-order valence-corrected chi connectivity index (χ3v) is 36.3. The second kappa shape index (κ2) is 20.3. The van der Waals surface area contributed by atoms with Crippen LogP contribution in [0.3, 0.4) is 0 Å². The zero-order chi connectivity index (χ0) is 26.7. The van der Waals surface area contributed by atoms with E-state index in [0.29, 0.717) is 0 Å². The molecule has 0 amide bonds. The third kappa shape index (κ3) is 12.5. The Labute approximate surface area is 234 Å². The maximum atomic E-state index is 5.97. The summed E-state index contributed by atoms with van der Waals surface area (Å²) in [7, 11) is 0. The Morgan fingerprint density at radius 2 is 1.11 bits per heavy atom. The average molecular weight is 713 g/mol. The Kier molecular flexibility index (Phi) is 19.4. The zero-order valence-electron chi connectivity index (χ0n) is 25.2. The van der Waals surface area contributed by atoms with Crippen molar-refractivity contribution >= 4 is 40.5 Å². The number of hydrogen-bond acceptors (Lipinski definition) is 2. The van der Waals surface area contributed by atoms with Gasteiger partial charge in [0.25, 0.3) is 0 Å². The summed E-state index contributed by atoms with van der Waals surface area (Å²) in [5.41, 5.74) is 1.27. The Hall–Kier alpha value is 0.367. The maximum absolute atomic E-state index is 5.97. The van der Waals surface area contributed by atoms with E-state index >= 15 is 0 Å². The van der Waals surface area contributed by atoms with E-state index in [9.17, 15) is 0 Å². The minimum atomic E-state index is -2.34. The van der Waals surface area contributed by atoms with Crippen LogP contribution >= 0.6 is 0 Å². The fourth-order valence-corrected chi connectivity index (χ4v) is 32.8. The molecule has 1 heterocycles. The number of hydrogen-bond donors (Lipinski definition) is 0. The predicted molar refractivity (Wildman–Crippen MR) is 167 cm³/mol. The van der Waals surface area contributed by atoms with Crippen LogP contribution in [0.2, 0.25) is 26.6 Å². The first-order chi connectivity index (χ1) is 17.5. The monoisotopic (exact) mass is 715 g/mol. The molecule has 2 nitrogen and oxygen atoms in total. The number of terminal acetylenes is 1. The van der Waals surface area contributed by atoms with Gasteiger partial charge < -0.3 is 0 Å². The molecule has 0 N–H and O–H groups in total. The van der Waals surface area contributed by atoms with E-state index in [1.165, 1.54) is 126 Å². The van der Waals surface area contributed by atoms with Gasteiger partial charge in [-0.2, -0.15) is 0 Å². The topological polar surface area (TPSA) is 26.0 Å². The molecule has 36 heavy (non-hydrogen) atoms. The molecule has 1 fully saturated rings. The van der Waals surface area contributed by atoms with Gasteiger partial charge in [0, 0.05) is 0 Å². The van der Waals surface area contributed by atoms with Gasteiger partial charge in [0.15, 0.2) is 0 Å². The predicted octanol–water partition coefficient (Wildman–Crippen LogP) is 10.6. The summed E-state index contributed by atoms with van der Waals surface area (Å²) >= 11 is -4.43. The molecular weight excluding hydrogens is 652 g/mol. The second-order valence-electron chi connectivity index (χ2n) is 11.7. The molecule has 0 unspecified atom stereocenters. The van der Waals surface area contributed by atoms with Crippen molar-refractivity contribution in [3.05, 3.63) is 11.8 Å². The molecule has 4 heteroatoms. The van der Waals surface area contributed by atoms with Gasteiger partial charge in [0.1, 0.15) is 0 Å². The van der Waals surface area contributed by atoms with E-state index < -0.39 is 36.8 Å². The molecule has 0 aromatic carbocycles. The molecule has 1 aromatic rings. The number of rotatable bonds is 20. The minimum absolute atomic E-state index is 0.731. The van der Waals surface area contributed by atoms with Gasteiger partial charge >= 0.3 is 236 Å². The SMILES string of the molecule is C#[C][Sn]([CH2]CCC)([CH2]CCC)[CH2]CCC.CCC[CH2][Sn]([CH2]CCC)([CH2]CCC)[c]1cc(C2CC2)no1. The summed E-state index contributed by atoms with van der Waals surface area (Å²) in [4.78, 5) is 0. The molecule has 0 spiro atoms. The van der Waals surface area contributed by atoms with E-state index in [4.69, 9.17) is 10.9 Å². The van der Waals surface area contributed by atoms with E-state index in [1.807, 2.05) is 0 Å². The summed E-state index contributed by atoms with van der Waals surface area (Å²) in [5.74, 6) is 0.731. The Morgan fingerprint density at radius 3 is 1.44 bits per heavy atom. The van der Waals surface area contributed by atoms with Crippen LogP contribution in [-0.2, 0) is 0 Å². The van der Waals surface area contributed by atoms with Gasteiger partial charge in [-0.1, -0.05) is 0 Å². The number of nitrogens with zero attached hydrogens (tertiary/aromatic N) is 1. The van der Waals surface area contributed by atoms with Crippen molar-refractivity contribution in [3.8, 4) is 10.4 Å². The second-order valence-corrected chi connectivity index (χ2v) is 37.1. The Balaban J connectivity index is 0.000000384. The van der Waals surface area contributed by atoms with Crippen molar-refractivity contribution in [1.29, 1.82) is 0 Å².